The van der Waals surface area contributed by atoms with E-state index in [9.17, 15) is 9.18 Å². The van der Waals surface area contributed by atoms with Crippen molar-refractivity contribution in [3.05, 3.63) is 60.4 Å². The van der Waals surface area contributed by atoms with Gasteiger partial charge in [0.1, 0.15) is 12.4 Å². The molecule has 3 nitrogen and oxygen atoms in total. The van der Waals surface area contributed by atoms with Crippen LogP contribution < -0.4 is 9.80 Å². The number of carbonyl (C=O) groups excluding carboxylic acids is 1. The molecule has 1 amide bonds. The van der Waals surface area contributed by atoms with Crippen molar-refractivity contribution in [3.63, 3.8) is 0 Å². The van der Waals surface area contributed by atoms with Crippen molar-refractivity contribution < 1.29 is 9.18 Å². The van der Waals surface area contributed by atoms with Crippen LogP contribution in [0, 0.1) is 5.82 Å². The van der Waals surface area contributed by atoms with Gasteiger partial charge in [0.25, 0.3) is 5.91 Å². The average Bonchev–Trinajstić information content (AvgIpc) is 2.76. The summed E-state index contributed by atoms with van der Waals surface area (Å²) < 4.78 is 13.0. The molecule has 0 unspecified atom stereocenters. The maximum absolute atomic E-state index is 13.0. The molecule has 0 saturated carbocycles. The predicted octanol–water partition coefficient (Wildman–Crippen LogP) is 2.96. The highest BCUT2D eigenvalue weighted by Crippen LogP contribution is 2.26. The molecule has 0 aromatic heterocycles. The first kappa shape index (κ1) is 12.7. The summed E-state index contributed by atoms with van der Waals surface area (Å²) in [5.41, 5.74) is 1.45. The van der Waals surface area contributed by atoms with E-state index in [1.165, 1.54) is 17.0 Å². The van der Waals surface area contributed by atoms with Crippen LogP contribution in [0.15, 0.2) is 54.6 Å². The lowest BCUT2D eigenvalue weighted by Crippen LogP contribution is -2.32. The molecule has 0 N–H and O–H groups in total. The Hall–Kier alpha value is -2.27. The average molecular weight is 286 g/mol. The van der Waals surface area contributed by atoms with E-state index in [0.717, 1.165) is 5.69 Å². The molecule has 3 rings (SSSR count). The Morgan fingerprint density at radius 2 is 1.60 bits per heavy atom. The van der Waals surface area contributed by atoms with Crippen LogP contribution in [-0.2, 0) is 4.79 Å². The molecule has 20 heavy (non-hydrogen) atoms. The number of anilines is 2. The molecule has 1 saturated heterocycles. The Labute approximate surface area is 121 Å². The standard InChI is InChI=1S/C15H11FN2OS/c16-11-6-8-13(9-7-11)18-14(19)10-17(15(18)20)12-4-2-1-3-5-12/h1-9H,10H2. The quantitative estimate of drug-likeness (QED) is 0.793. The minimum atomic E-state index is -0.341. The lowest BCUT2D eigenvalue weighted by atomic mass is 10.3. The third kappa shape index (κ3) is 2.16. The third-order valence-electron chi connectivity index (χ3n) is 3.12. The number of hydrogen-bond donors (Lipinski definition) is 0. The van der Waals surface area contributed by atoms with E-state index in [-0.39, 0.29) is 18.3 Å². The highest BCUT2D eigenvalue weighted by molar-refractivity contribution is 7.81. The van der Waals surface area contributed by atoms with Crippen LogP contribution in [-0.4, -0.2) is 17.6 Å². The number of rotatable bonds is 2. The minimum Gasteiger partial charge on any atom is -0.309 e. The number of halogens is 1. The highest BCUT2D eigenvalue weighted by atomic mass is 32.1. The summed E-state index contributed by atoms with van der Waals surface area (Å²) in [6, 6.07) is 15.2. The number of carbonyl (C=O) groups is 1. The first-order valence-corrected chi connectivity index (χ1v) is 6.53. The van der Waals surface area contributed by atoms with Gasteiger partial charge in [-0.15, -0.1) is 0 Å². The zero-order chi connectivity index (χ0) is 14.1. The lowest BCUT2D eigenvalue weighted by molar-refractivity contribution is -0.115. The van der Waals surface area contributed by atoms with E-state index in [2.05, 4.69) is 0 Å². The number of para-hydroxylation sites is 1. The molecule has 100 valence electrons. The number of thiocarbonyl (C=S) groups is 1. The van der Waals surface area contributed by atoms with E-state index >= 15 is 0 Å². The molecule has 2 aromatic carbocycles. The summed E-state index contributed by atoms with van der Waals surface area (Å²) in [4.78, 5) is 15.4. The zero-order valence-electron chi connectivity index (χ0n) is 10.5. The van der Waals surface area contributed by atoms with Gasteiger partial charge in [-0.1, -0.05) is 18.2 Å². The van der Waals surface area contributed by atoms with Gasteiger partial charge in [-0.25, -0.2) is 4.39 Å². The Balaban J connectivity index is 1.93. The van der Waals surface area contributed by atoms with Crippen molar-refractivity contribution in [2.45, 2.75) is 0 Å². The second kappa shape index (κ2) is 5.02. The van der Waals surface area contributed by atoms with Gasteiger partial charge >= 0.3 is 0 Å². The van der Waals surface area contributed by atoms with Crippen molar-refractivity contribution in [2.24, 2.45) is 0 Å². The van der Waals surface area contributed by atoms with Gasteiger partial charge in [0.05, 0.1) is 5.69 Å². The predicted molar refractivity (Wildman–Crippen MR) is 80.3 cm³/mol. The molecule has 5 heteroatoms. The van der Waals surface area contributed by atoms with Gasteiger partial charge in [0.2, 0.25) is 0 Å². The fourth-order valence-electron chi connectivity index (χ4n) is 2.16. The molecule has 0 spiro atoms. The first-order chi connectivity index (χ1) is 9.66. The number of nitrogens with zero attached hydrogens (tertiary/aromatic N) is 2. The summed E-state index contributed by atoms with van der Waals surface area (Å²) in [5, 5.41) is 0.410. The van der Waals surface area contributed by atoms with Crippen molar-refractivity contribution in [1.29, 1.82) is 0 Å². The van der Waals surface area contributed by atoms with Crippen LogP contribution in [0.1, 0.15) is 0 Å². The summed E-state index contributed by atoms with van der Waals surface area (Å²) >= 11 is 5.37. The molecule has 2 aromatic rings. The van der Waals surface area contributed by atoms with E-state index in [4.69, 9.17) is 12.2 Å². The van der Waals surface area contributed by atoms with Gasteiger partial charge in [-0.2, -0.15) is 0 Å². The molecule has 0 aliphatic carbocycles. The minimum absolute atomic E-state index is 0.120. The summed E-state index contributed by atoms with van der Waals surface area (Å²) in [7, 11) is 0. The van der Waals surface area contributed by atoms with Gasteiger partial charge in [-0.05, 0) is 48.6 Å². The Kier molecular flexibility index (Phi) is 3.20. The fourth-order valence-corrected chi connectivity index (χ4v) is 2.53. The second-order valence-corrected chi connectivity index (χ2v) is 4.77. The summed E-state index contributed by atoms with van der Waals surface area (Å²) in [6.45, 7) is 0.195. The summed E-state index contributed by atoms with van der Waals surface area (Å²) in [6.07, 6.45) is 0. The van der Waals surface area contributed by atoms with Crippen LogP contribution in [0.3, 0.4) is 0 Å². The SMILES string of the molecule is O=C1CN(c2ccccc2)C(=S)N1c1ccc(F)cc1. The fraction of sp³-hybridized carbons (Fsp3) is 0.0667. The van der Waals surface area contributed by atoms with Crippen LogP contribution in [0.4, 0.5) is 15.8 Å². The summed E-state index contributed by atoms with van der Waals surface area (Å²) in [5.74, 6) is -0.461. The van der Waals surface area contributed by atoms with E-state index < -0.39 is 0 Å². The van der Waals surface area contributed by atoms with Crippen molar-refractivity contribution in [3.8, 4) is 0 Å². The van der Waals surface area contributed by atoms with Gasteiger partial charge in [0.15, 0.2) is 5.11 Å². The molecule has 0 radical (unpaired) electrons. The van der Waals surface area contributed by atoms with Gasteiger partial charge in [0, 0.05) is 5.69 Å². The topological polar surface area (TPSA) is 23.6 Å². The first-order valence-electron chi connectivity index (χ1n) is 6.12. The van der Waals surface area contributed by atoms with E-state index in [1.54, 1.807) is 17.0 Å². The van der Waals surface area contributed by atoms with Gasteiger partial charge in [-0.3, -0.25) is 9.69 Å². The molecule has 0 bridgehead atoms. The largest absolute Gasteiger partial charge is 0.309 e. The Morgan fingerprint density at radius 1 is 0.950 bits per heavy atom. The van der Waals surface area contributed by atoms with Crippen LogP contribution >= 0.6 is 12.2 Å². The molecule has 1 aliphatic rings. The highest BCUT2D eigenvalue weighted by Gasteiger charge is 2.34. The smallest absolute Gasteiger partial charge is 0.253 e. The molecule has 1 fully saturated rings. The Bertz CT molecular complexity index is 657. The molecule has 1 heterocycles. The van der Waals surface area contributed by atoms with Gasteiger partial charge < -0.3 is 4.90 Å². The molecular formula is C15H11FN2OS. The zero-order valence-corrected chi connectivity index (χ0v) is 11.3. The second-order valence-electron chi connectivity index (χ2n) is 4.41. The van der Waals surface area contributed by atoms with Crippen LogP contribution in [0.2, 0.25) is 0 Å². The van der Waals surface area contributed by atoms with Crippen molar-refractivity contribution in [2.75, 3.05) is 16.3 Å². The van der Waals surface area contributed by atoms with E-state index in [1.807, 2.05) is 30.3 Å². The lowest BCUT2D eigenvalue weighted by Gasteiger charge is -2.20. The Morgan fingerprint density at radius 3 is 2.25 bits per heavy atom. The third-order valence-corrected chi connectivity index (χ3v) is 3.52. The number of benzene rings is 2. The van der Waals surface area contributed by atoms with Crippen LogP contribution in [0.5, 0.6) is 0 Å². The van der Waals surface area contributed by atoms with Crippen molar-refractivity contribution in [1.82, 2.24) is 0 Å². The maximum atomic E-state index is 13.0. The van der Waals surface area contributed by atoms with Crippen molar-refractivity contribution >= 4 is 34.6 Å². The van der Waals surface area contributed by atoms with E-state index in [0.29, 0.717) is 10.8 Å². The monoisotopic (exact) mass is 286 g/mol. The number of hydrogen-bond acceptors (Lipinski definition) is 2. The normalized spacial score (nSPS) is 15.1. The number of amides is 1. The maximum Gasteiger partial charge on any atom is 0.253 e. The van der Waals surface area contributed by atoms with Crippen LogP contribution in [0.25, 0.3) is 0 Å². The molecular weight excluding hydrogens is 275 g/mol. The molecule has 1 aliphatic heterocycles. The molecule has 0 atom stereocenters.